The summed E-state index contributed by atoms with van der Waals surface area (Å²) in [7, 11) is 0. The zero-order chi connectivity index (χ0) is 19.7. The fraction of sp³-hybridized carbons (Fsp3) is 0.364. The molecule has 1 saturated heterocycles. The number of hydrogen-bond acceptors (Lipinski definition) is 3. The van der Waals surface area contributed by atoms with Crippen LogP contribution in [0.1, 0.15) is 18.4 Å². The van der Waals surface area contributed by atoms with Crippen LogP contribution in [0.3, 0.4) is 0 Å². The molecule has 1 fully saturated rings. The lowest BCUT2D eigenvalue weighted by Gasteiger charge is -2.17. The van der Waals surface area contributed by atoms with E-state index in [1.54, 1.807) is 9.13 Å². The minimum Gasteiger partial charge on any atom is -0.340 e. The first-order valence-corrected chi connectivity index (χ1v) is 9.84. The molecule has 0 bridgehead atoms. The number of hydrogen-bond donors (Lipinski definition) is 1. The van der Waals surface area contributed by atoms with E-state index in [0.717, 1.165) is 11.0 Å². The van der Waals surface area contributed by atoms with Crippen molar-refractivity contribution < 1.29 is 4.79 Å². The van der Waals surface area contributed by atoms with Crippen molar-refractivity contribution in [2.75, 3.05) is 19.6 Å². The van der Waals surface area contributed by atoms with Crippen molar-refractivity contribution >= 4 is 29.3 Å². The zero-order valence-corrected chi connectivity index (χ0v) is 17.3. The van der Waals surface area contributed by atoms with Gasteiger partial charge in [0.25, 0.3) is 0 Å². The molecule has 0 aliphatic carbocycles. The van der Waals surface area contributed by atoms with E-state index in [-0.39, 0.29) is 42.4 Å². The van der Waals surface area contributed by atoms with Crippen molar-refractivity contribution in [3.05, 3.63) is 70.6 Å². The number of aromatic nitrogens is 2. The van der Waals surface area contributed by atoms with Crippen LogP contribution in [-0.2, 0) is 17.9 Å². The molecule has 1 aromatic heterocycles. The van der Waals surface area contributed by atoms with E-state index in [9.17, 15) is 9.59 Å². The van der Waals surface area contributed by atoms with E-state index < -0.39 is 0 Å². The lowest BCUT2D eigenvalue weighted by Crippen LogP contribution is -2.36. The Labute approximate surface area is 176 Å². The average Bonchev–Trinajstić information content (AvgIpc) is 3.28. The van der Waals surface area contributed by atoms with Crippen LogP contribution in [0.2, 0.25) is 0 Å². The van der Waals surface area contributed by atoms with E-state index >= 15 is 0 Å². The number of nitrogens with two attached hydrogens (primary N) is 1. The van der Waals surface area contributed by atoms with Crippen LogP contribution in [-0.4, -0.2) is 39.6 Å². The molecule has 2 N–H and O–H groups in total. The third kappa shape index (κ3) is 3.82. The molecular formula is C22H27ClN4O2. The Hall–Kier alpha value is -2.57. The standard InChI is InChI=1S/C22H26N4O2.ClH/c1-2-25-19-10-6-7-11-20(19)26(22(25)28)15-21(27)24-13-17(12-23)18(14-24)16-8-4-3-5-9-16;/h3-11,17-18H,2,12-15,23H2,1H3;1H/t17-,18+;/m1./s1. The Bertz CT molecular complexity index is 1040. The van der Waals surface area contributed by atoms with Gasteiger partial charge in [0, 0.05) is 25.6 Å². The minimum atomic E-state index is -0.133. The summed E-state index contributed by atoms with van der Waals surface area (Å²) in [6.45, 7) is 4.40. The molecule has 4 rings (SSSR count). The molecule has 6 nitrogen and oxygen atoms in total. The first-order chi connectivity index (χ1) is 13.6. The first-order valence-electron chi connectivity index (χ1n) is 9.84. The largest absolute Gasteiger partial charge is 0.340 e. The molecule has 0 unspecified atom stereocenters. The van der Waals surface area contributed by atoms with Gasteiger partial charge in [-0.2, -0.15) is 0 Å². The van der Waals surface area contributed by atoms with Crippen molar-refractivity contribution in [3.63, 3.8) is 0 Å². The van der Waals surface area contributed by atoms with Gasteiger partial charge < -0.3 is 10.6 Å². The maximum atomic E-state index is 13.1. The van der Waals surface area contributed by atoms with Gasteiger partial charge in [0.05, 0.1) is 11.0 Å². The Balaban J connectivity index is 0.00000240. The van der Waals surface area contributed by atoms with Crippen LogP contribution in [0.25, 0.3) is 11.0 Å². The number of imidazole rings is 1. The molecule has 2 heterocycles. The predicted molar refractivity (Wildman–Crippen MR) is 117 cm³/mol. The molecule has 154 valence electrons. The number of nitrogens with zero attached hydrogens (tertiary/aromatic N) is 3. The summed E-state index contributed by atoms with van der Waals surface area (Å²) < 4.78 is 3.30. The van der Waals surface area contributed by atoms with E-state index in [4.69, 9.17) is 5.73 Å². The number of carbonyl (C=O) groups is 1. The average molecular weight is 415 g/mol. The topological polar surface area (TPSA) is 73.3 Å². The highest BCUT2D eigenvalue weighted by molar-refractivity contribution is 5.85. The number of benzene rings is 2. The normalized spacial score (nSPS) is 18.8. The third-order valence-corrected chi connectivity index (χ3v) is 5.86. The quantitative estimate of drug-likeness (QED) is 0.696. The van der Waals surface area contributed by atoms with Crippen molar-refractivity contribution in [1.82, 2.24) is 14.0 Å². The lowest BCUT2D eigenvalue weighted by atomic mass is 9.89. The highest BCUT2D eigenvalue weighted by atomic mass is 35.5. The summed E-state index contributed by atoms with van der Waals surface area (Å²) in [6.07, 6.45) is 0. The van der Waals surface area contributed by atoms with Gasteiger partial charge in [-0.1, -0.05) is 42.5 Å². The van der Waals surface area contributed by atoms with E-state index in [0.29, 0.717) is 26.2 Å². The molecule has 7 heteroatoms. The van der Waals surface area contributed by atoms with Crippen LogP contribution in [0.5, 0.6) is 0 Å². The second kappa shape index (κ2) is 8.84. The Kier molecular flexibility index (Phi) is 6.45. The number of likely N-dealkylation sites (tertiary alicyclic amines) is 1. The van der Waals surface area contributed by atoms with Crippen LogP contribution >= 0.6 is 12.4 Å². The number of carbonyl (C=O) groups excluding carboxylic acids is 1. The second-order valence-corrected chi connectivity index (χ2v) is 7.41. The van der Waals surface area contributed by atoms with E-state index in [1.165, 1.54) is 5.56 Å². The molecule has 0 saturated carbocycles. The van der Waals surface area contributed by atoms with Gasteiger partial charge in [-0.25, -0.2) is 4.79 Å². The summed E-state index contributed by atoms with van der Waals surface area (Å²) >= 11 is 0. The minimum absolute atomic E-state index is 0. The molecule has 29 heavy (non-hydrogen) atoms. The van der Waals surface area contributed by atoms with Crippen LogP contribution < -0.4 is 11.4 Å². The summed E-state index contributed by atoms with van der Waals surface area (Å²) in [5.74, 6) is 0.446. The van der Waals surface area contributed by atoms with Crippen LogP contribution in [0, 0.1) is 5.92 Å². The predicted octanol–water partition coefficient (Wildman–Crippen LogP) is 2.45. The Morgan fingerprint density at radius 3 is 2.24 bits per heavy atom. The van der Waals surface area contributed by atoms with Crippen LogP contribution in [0.4, 0.5) is 0 Å². The zero-order valence-electron chi connectivity index (χ0n) is 16.5. The summed E-state index contributed by atoms with van der Waals surface area (Å²) in [5.41, 5.74) is 8.75. The summed E-state index contributed by atoms with van der Waals surface area (Å²) in [5, 5.41) is 0. The molecule has 1 amide bonds. The molecule has 2 atom stereocenters. The van der Waals surface area contributed by atoms with Crippen molar-refractivity contribution in [2.45, 2.75) is 25.9 Å². The van der Waals surface area contributed by atoms with Gasteiger partial charge in [0.15, 0.2) is 0 Å². The Morgan fingerprint density at radius 1 is 1.00 bits per heavy atom. The van der Waals surface area contributed by atoms with E-state index in [2.05, 4.69) is 12.1 Å². The third-order valence-electron chi connectivity index (χ3n) is 5.86. The molecule has 0 spiro atoms. The van der Waals surface area contributed by atoms with Crippen LogP contribution in [0.15, 0.2) is 59.4 Å². The van der Waals surface area contributed by atoms with Crippen molar-refractivity contribution in [3.8, 4) is 0 Å². The second-order valence-electron chi connectivity index (χ2n) is 7.41. The maximum absolute atomic E-state index is 13.1. The number of fused-ring (bicyclic) bond motifs is 1. The van der Waals surface area contributed by atoms with Gasteiger partial charge >= 0.3 is 5.69 Å². The molecule has 0 radical (unpaired) electrons. The molecule has 2 aromatic carbocycles. The summed E-state index contributed by atoms with van der Waals surface area (Å²) in [4.78, 5) is 27.7. The van der Waals surface area contributed by atoms with Gasteiger partial charge in [0.2, 0.25) is 5.91 Å². The highest BCUT2D eigenvalue weighted by Gasteiger charge is 2.35. The van der Waals surface area contributed by atoms with Gasteiger partial charge in [0.1, 0.15) is 6.54 Å². The van der Waals surface area contributed by atoms with Gasteiger partial charge in [-0.3, -0.25) is 13.9 Å². The fourth-order valence-electron chi connectivity index (χ4n) is 4.36. The molecular weight excluding hydrogens is 388 g/mol. The number of aryl methyl sites for hydroxylation is 1. The number of amides is 1. The van der Waals surface area contributed by atoms with Crippen molar-refractivity contribution in [2.24, 2.45) is 11.7 Å². The maximum Gasteiger partial charge on any atom is 0.329 e. The molecule has 3 aromatic rings. The van der Waals surface area contributed by atoms with E-state index in [1.807, 2.05) is 54.3 Å². The van der Waals surface area contributed by atoms with Gasteiger partial charge in [-0.15, -0.1) is 12.4 Å². The summed E-state index contributed by atoms with van der Waals surface area (Å²) in [6, 6.07) is 17.9. The lowest BCUT2D eigenvalue weighted by molar-refractivity contribution is -0.130. The number of rotatable bonds is 5. The number of halogens is 1. The smallest absolute Gasteiger partial charge is 0.329 e. The first kappa shape index (κ1) is 21.1. The van der Waals surface area contributed by atoms with Crippen molar-refractivity contribution in [1.29, 1.82) is 0 Å². The van der Waals surface area contributed by atoms with Gasteiger partial charge in [-0.05, 0) is 37.1 Å². The molecule has 1 aliphatic heterocycles. The molecule has 1 aliphatic rings. The monoisotopic (exact) mass is 414 g/mol. The fourth-order valence-corrected chi connectivity index (χ4v) is 4.36. The highest BCUT2D eigenvalue weighted by Crippen LogP contribution is 2.32. The Morgan fingerprint density at radius 2 is 1.62 bits per heavy atom. The number of para-hydroxylation sites is 2. The SMILES string of the molecule is CCn1c(=O)n(CC(=O)N2C[C@@H](CN)[C@H](c3ccccc3)C2)c2ccccc21.Cl.